The van der Waals surface area contributed by atoms with Gasteiger partial charge in [-0.15, -0.1) is 0 Å². The number of benzene rings is 1. The number of carboxylic acids is 1. The lowest BCUT2D eigenvalue weighted by Crippen LogP contribution is -2.46. The van der Waals surface area contributed by atoms with Crippen molar-refractivity contribution in [1.29, 1.82) is 0 Å². The van der Waals surface area contributed by atoms with Crippen LogP contribution in [0.5, 0.6) is 0 Å². The molecule has 0 aliphatic carbocycles. The van der Waals surface area contributed by atoms with E-state index >= 15 is 0 Å². The molecular weight excluding hydrogens is 440 g/mol. The number of hydrogen-bond acceptors (Lipinski definition) is 6. The monoisotopic (exact) mass is 472 g/mol. The number of hydrogen-bond donors (Lipinski definition) is 5. The number of carbonyl (C=O) groups excluding carboxylic acids is 2. The van der Waals surface area contributed by atoms with Gasteiger partial charge in [0, 0.05) is 22.1 Å². The first kappa shape index (κ1) is 26.7. The summed E-state index contributed by atoms with van der Waals surface area (Å²) in [6.07, 6.45) is 3.66. The molecule has 0 heterocycles. The van der Waals surface area contributed by atoms with E-state index in [1.54, 1.807) is 0 Å². The second-order valence-electron chi connectivity index (χ2n) is 7.05. The smallest absolute Gasteiger partial charge is 0.335 e. The van der Waals surface area contributed by atoms with Crippen LogP contribution in [0.1, 0.15) is 60.2 Å². The van der Waals surface area contributed by atoms with Crippen LogP contribution in [0.15, 0.2) is 24.3 Å². The molecule has 30 heavy (non-hydrogen) atoms. The van der Waals surface area contributed by atoms with Gasteiger partial charge in [-0.05, 0) is 61.5 Å². The van der Waals surface area contributed by atoms with Crippen LogP contribution in [0, 0.1) is 0 Å². The largest absolute Gasteiger partial charge is 0.478 e. The van der Waals surface area contributed by atoms with Gasteiger partial charge in [0.1, 0.15) is 0 Å². The van der Waals surface area contributed by atoms with Gasteiger partial charge in [0.2, 0.25) is 5.91 Å². The van der Waals surface area contributed by atoms with E-state index in [2.05, 4.69) is 37.1 Å². The molecule has 0 saturated heterocycles. The van der Waals surface area contributed by atoms with Crippen LogP contribution >= 0.6 is 37.0 Å². The summed E-state index contributed by atoms with van der Waals surface area (Å²) in [7, 11) is 0. The molecule has 0 fully saturated rings. The van der Waals surface area contributed by atoms with Gasteiger partial charge in [0.25, 0.3) is 5.91 Å². The molecule has 9 heteroatoms. The molecule has 6 nitrogen and oxygen atoms in total. The van der Waals surface area contributed by atoms with Crippen molar-refractivity contribution in [3.8, 4) is 0 Å². The fraction of sp³-hybridized carbons (Fsp3) is 0.571. The molecule has 168 valence electrons. The molecule has 0 aliphatic rings. The van der Waals surface area contributed by atoms with Crippen LogP contribution in [0.3, 0.4) is 0 Å². The van der Waals surface area contributed by atoms with Crippen molar-refractivity contribution in [2.75, 3.05) is 18.1 Å². The van der Waals surface area contributed by atoms with Crippen LogP contribution in [0.2, 0.25) is 0 Å². The highest BCUT2D eigenvalue weighted by Gasteiger charge is 2.20. The third-order valence-corrected chi connectivity index (χ3v) is 6.99. The Kier molecular flexibility index (Phi) is 13.0. The molecule has 3 atom stereocenters. The number of thiol groups is 2. The van der Waals surface area contributed by atoms with E-state index in [4.69, 9.17) is 17.7 Å². The van der Waals surface area contributed by atoms with Crippen LogP contribution in [-0.4, -0.2) is 57.5 Å². The third kappa shape index (κ3) is 10.1. The third-order valence-electron chi connectivity index (χ3n) is 4.68. The van der Waals surface area contributed by atoms with Crippen LogP contribution < -0.4 is 10.6 Å². The van der Waals surface area contributed by atoms with E-state index in [1.165, 1.54) is 24.3 Å². The number of nitrogens with one attached hydrogen (secondary N) is 2. The lowest BCUT2D eigenvalue weighted by molar-refractivity contribution is -0.120. The van der Waals surface area contributed by atoms with Crippen molar-refractivity contribution in [2.45, 2.75) is 56.1 Å². The molecular formula is C21H32N2O4S3. The van der Waals surface area contributed by atoms with Crippen molar-refractivity contribution < 1.29 is 19.5 Å². The predicted molar refractivity (Wildman–Crippen MR) is 130 cm³/mol. The Hall–Kier alpha value is -1.32. The lowest BCUT2D eigenvalue weighted by atomic mass is 10.1. The fourth-order valence-electron chi connectivity index (χ4n) is 2.67. The predicted octanol–water partition coefficient (Wildman–Crippen LogP) is 3.53. The van der Waals surface area contributed by atoms with Gasteiger partial charge in [-0.1, -0.05) is 13.8 Å². The summed E-state index contributed by atoms with van der Waals surface area (Å²) in [6.45, 7) is 4.22. The highest BCUT2D eigenvalue weighted by Crippen LogP contribution is 2.20. The second kappa shape index (κ2) is 14.6. The van der Waals surface area contributed by atoms with Crippen molar-refractivity contribution in [1.82, 2.24) is 10.6 Å². The molecule has 0 saturated carbocycles. The summed E-state index contributed by atoms with van der Waals surface area (Å²) in [6, 6.07) is 5.47. The number of aromatic carboxylic acids is 1. The van der Waals surface area contributed by atoms with Gasteiger partial charge in [-0.25, -0.2) is 4.79 Å². The molecule has 2 amide bonds. The normalized spacial score (nSPS) is 13.9. The van der Waals surface area contributed by atoms with Crippen LogP contribution in [0.4, 0.5) is 0 Å². The van der Waals surface area contributed by atoms with Gasteiger partial charge in [-0.3, -0.25) is 9.59 Å². The molecule has 3 unspecified atom stereocenters. The Labute approximate surface area is 194 Å². The van der Waals surface area contributed by atoms with E-state index in [9.17, 15) is 14.4 Å². The number of carbonyl (C=O) groups is 3. The van der Waals surface area contributed by atoms with Gasteiger partial charge in [0.15, 0.2) is 0 Å². The number of amides is 2. The van der Waals surface area contributed by atoms with E-state index in [0.717, 1.165) is 37.2 Å². The minimum Gasteiger partial charge on any atom is -0.478 e. The SMILES string of the molecule is CCC(C)SCCC(S)C(CCCS)NC(=O)CNC(=O)c1ccc(C(=O)O)cc1. The minimum absolute atomic E-state index is 0.0321. The zero-order valence-corrected chi connectivity index (χ0v) is 20.1. The highest BCUT2D eigenvalue weighted by atomic mass is 32.2. The summed E-state index contributed by atoms with van der Waals surface area (Å²) >= 11 is 10.9. The molecule has 1 aromatic rings. The summed E-state index contributed by atoms with van der Waals surface area (Å²) in [5.74, 6) is -0.0426. The van der Waals surface area contributed by atoms with Crippen molar-refractivity contribution in [2.24, 2.45) is 0 Å². The quantitative estimate of drug-likeness (QED) is 0.267. The maximum absolute atomic E-state index is 12.4. The summed E-state index contributed by atoms with van der Waals surface area (Å²) in [5.41, 5.74) is 0.399. The molecule has 1 rings (SSSR count). The van der Waals surface area contributed by atoms with E-state index in [1.807, 2.05) is 11.8 Å². The molecule has 0 spiro atoms. The molecule has 0 bridgehead atoms. The highest BCUT2D eigenvalue weighted by molar-refractivity contribution is 7.99. The van der Waals surface area contributed by atoms with Gasteiger partial charge >= 0.3 is 5.97 Å². The lowest BCUT2D eigenvalue weighted by Gasteiger charge is -2.25. The Morgan fingerprint density at radius 2 is 1.77 bits per heavy atom. The van der Waals surface area contributed by atoms with E-state index in [0.29, 0.717) is 10.8 Å². The van der Waals surface area contributed by atoms with Crippen molar-refractivity contribution in [3.05, 3.63) is 35.4 Å². The second-order valence-corrected chi connectivity index (χ2v) is 9.71. The topological polar surface area (TPSA) is 95.5 Å². The molecule has 0 aliphatic heterocycles. The molecule has 1 aromatic carbocycles. The first-order chi connectivity index (χ1) is 14.3. The molecule has 0 aromatic heterocycles. The number of rotatable bonds is 14. The average Bonchev–Trinajstić information content (AvgIpc) is 2.74. The Balaban J connectivity index is 2.53. The Morgan fingerprint density at radius 3 is 2.33 bits per heavy atom. The van der Waals surface area contributed by atoms with Crippen molar-refractivity contribution in [3.63, 3.8) is 0 Å². The number of carboxylic acid groups (broad SMARTS) is 1. The summed E-state index contributed by atoms with van der Waals surface area (Å²) in [5, 5.41) is 15.1. The molecule has 0 radical (unpaired) electrons. The van der Waals surface area contributed by atoms with Gasteiger partial charge < -0.3 is 15.7 Å². The van der Waals surface area contributed by atoms with E-state index < -0.39 is 11.9 Å². The van der Waals surface area contributed by atoms with Crippen molar-refractivity contribution >= 4 is 54.8 Å². The first-order valence-corrected chi connectivity index (χ1v) is 12.3. The summed E-state index contributed by atoms with van der Waals surface area (Å²) in [4.78, 5) is 35.4. The average molecular weight is 473 g/mol. The minimum atomic E-state index is -1.06. The molecule has 3 N–H and O–H groups in total. The standard InChI is InChI=1S/C21H32N2O4S3/c1-3-14(2)30-12-10-18(29)17(5-4-11-28)23-19(24)13-22-20(25)15-6-8-16(9-7-15)21(26)27/h6-9,14,17-18,28-29H,3-5,10-13H2,1-2H3,(H,22,25)(H,23,24)(H,26,27). The maximum atomic E-state index is 12.4. The first-order valence-electron chi connectivity index (χ1n) is 10.1. The number of thioether (sulfide) groups is 1. The zero-order valence-electron chi connectivity index (χ0n) is 17.5. The summed E-state index contributed by atoms with van der Waals surface area (Å²) < 4.78 is 0. The van der Waals surface area contributed by atoms with E-state index in [-0.39, 0.29) is 29.3 Å². The van der Waals surface area contributed by atoms with Crippen LogP contribution in [0.25, 0.3) is 0 Å². The fourth-order valence-corrected chi connectivity index (χ4v) is 4.40. The van der Waals surface area contributed by atoms with Gasteiger partial charge in [0.05, 0.1) is 12.1 Å². The van der Waals surface area contributed by atoms with Crippen LogP contribution in [-0.2, 0) is 4.79 Å². The Morgan fingerprint density at radius 1 is 1.13 bits per heavy atom. The Bertz CT molecular complexity index is 685. The maximum Gasteiger partial charge on any atom is 0.335 e. The zero-order chi connectivity index (χ0) is 22.5. The van der Waals surface area contributed by atoms with Gasteiger partial charge in [-0.2, -0.15) is 37.0 Å².